The van der Waals surface area contributed by atoms with E-state index in [1.54, 1.807) is 51.4 Å². The number of carbonyl (C=O) groups excluding carboxylic acids is 1. The Labute approximate surface area is 238 Å². The molecule has 2 aliphatic rings. The van der Waals surface area contributed by atoms with Crippen molar-refractivity contribution in [3.63, 3.8) is 0 Å². The summed E-state index contributed by atoms with van der Waals surface area (Å²) < 4.78 is 29.3. The monoisotopic (exact) mass is 584 g/mol. The van der Waals surface area contributed by atoms with Gasteiger partial charge in [0.05, 0.1) is 21.4 Å². The number of amides is 1. The maximum Gasteiger partial charge on any atom is 0.306 e. The summed E-state index contributed by atoms with van der Waals surface area (Å²) in [6, 6.07) is 4.95. The number of carbonyl (C=O) groups is 2. The summed E-state index contributed by atoms with van der Waals surface area (Å²) in [5.74, 6) is -1.07. The van der Waals surface area contributed by atoms with Gasteiger partial charge in [-0.15, -0.1) is 11.3 Å². The van der Waals surface area contributed by atoms with Crippen molar-refractivity contribution >= 4 is 44.0 Å². The summed E-state index contributed by atoms with van der Waals surface area (Å²) in [5, 5.41) is 13.7. The first-order valence-electron chi connectivity index (χ1n) is 13.9. The van der Waals surface area contributed by atoms with Crippen molar-refractivity contribution < 1.29 is 23.1 Å². The number of aromatic nitrogens is 2. The van der Waals surface area contributed by atoms with Gasteiger partial charge in [-0.2, -0.15) is 0 Å². The van der Waals surface area contributed by atoms with Crippen molar-refractivity contribution in [1.29, 1.82) is 0 Å². The van der Waals surface area contributed by atoms with Gasteiger partial charge in [-0.3, -0.25) is 14.6 Å². The van der Waals surface area contributed by atoms with Crippen molar-refractivity contribution in [3.8, 4) is 10.4 Å². The van der Waals surface area contributed by atoms with E-state index in [4.69, 9.17) is 10.1 Å². The van der Waals surface area contributed by atoms with Crippen LogP contribution >= 0.6 is 11.3 Å². The van der Waals surface area contributed by atoms with Crippen LogP contribution in [-0.4, -0.2) is 46.9 Å². The van der Waals surface area contributed by atoms with Gasteiger partial charge in [0, 0.05) is 40.3 Å². The van der Waals surface area contributed by atoms with Crippen molar-refractivity contribution in [2.45, 2.75) is 88.6 Å². The predicted molar refractivity (Wildman–Crippen MR) is 155 cm³/mol. The lowest BCUT2D eigenvalue weighted by molar-refractivity contribution is -0.145. The second kappa shape index (κ2) is 11.2. The van der Waals surface area contributed by atoms with E-state index in [9.17, 15) is 18.0 Å². The first-order valence-corrected chi connectivity index (χ1v) is 16.2. The molecule has 3 aromatic rings. The van der Waals surface area contributed by atoms with Gasteiger partial charge < -0.3 is 10.4 Å². The predicted octanol–water partition coefficient (Wildman–Crippen LogP) is 5.15. The summed E-state index contributed by atoms with van der Waals surface area (Å²) >= 11 is 1.30. The van der Waals surface area contributed by atoms with Gasteiger partial charge in [0.1, 0.15) is 0 Å². The normalized spacial score (nSPS) is 20.3. The molecular formula is C29H36N4O5S2. The average Bonchev–Trinajstić information content (AvgIpc) is 3.27. The zero-order valence-corrected chi connectivity index (χ0v) is 24.7. The van der Waals surface area contributed by atoms with Crippen LogP contribution in [0.4, 0.5) is 0 Å². The van der Waals surface area contributed by atoms with Crippen molar-refractivity contribution in [1.82, 2.24) is 20.0 Å². The molecule has 5 rings (SSSR count). The molecule has 2 heterocycles. The number of nitrogens with zero attached hydrogens (tertiary/aromatic N) is 2. The van der Waals surface area contributed by atoms with Gasteiger partial charge in [0.2, 0.25) is 10.0 Å². The molecule has 9 nitrogen and oxygen atoms in total. The van der Waals surface area contributed by atoms with Crippen LogP contribution in [0.2, 0.25) is 0 Å². The second-order valence-electron chi connectivity index (χ2n) is 12.1. The molecule has 1 amide bonds. The smallest absolute Gasteiger partial charge is 0.306 e. The summed E-state index contributed by atoms with van der Waals surface area (Å²) in [6.45, 7) is 5.40. The van der Waals surface area contributed by atoms with Gasteiger partial charge in [0.15, 0.2) is 5.01 Å². The molecule has 40 heavy (non-hydrogen) atoms. The summed E-state index contributed by atoms with van der Waals surface area (Å²) in [4.78, 5) is 34.5. The number of benzene rings is 1. The molecule has 0 saturated heterocycles. The Balaban J connectivity index is 1.53. The number of nitrogens with one attached hydrogen (secondary N) is 2. The van der Waals surface area contributed by atoms with Crippen LogP contribution < -0.4 is 10.0 Å². The number of carboxylic acid groups (broad SMARTS) is 1. The maximum atomic E-state index is 13.3. The van der Waals surface area contributed by atoms with Crippen molar-refractivity contribution in [2.75, 3.05) is 0 Å². The minimum Gasteiger partial charge on any atom is -0.481 e. The van der Waals surface area contributed by atoms with E-state index in [1.165, 1.54) is 30.6 Å². The van der Waals surface area contributed by atoms with Crippen LogP contribution in [0.1, 0.15) is 81.2 Å². The molecule has 1 aromatic carbocycles. The molecule has 2 aromatic heterocycles. The van der Waals surface area contributed by atoms with E-state index in [0.29, 0.717) is 34.5 Å². The van der Waals surface area contributed by atoms with Gasteiger partial charge >= 0.3 is 5.97 Å². The van der Waals surface area contributed by atoms with E-state index in [0.717, 1.165) is 35.4 Å². The maximum absolute atomic E-state index is 13.3. The number of pyridine rings is 1. The van der Waals surface area contributed by atoms with Crippen LogP contribution in [-0.2, 0) is 21.2 Å². The Hall–Kier alpha value is -2.89. The third kappa shape index (κ3) is 6.21. The Morgan fingerprint density at radius 1 is 1.07 bits per heavy atom. The summed E-state index contributed by atoms with van der Waals surface area (Å²) in [5.41, 5.74) is 0.997. The van der Waals surface area contributed by atoms with Crippen LogP contribution in [0.5, 0.6) is 0 Å². The minimum atomic E-state index is -3.80. The number of carboxylic acids is 1. The molecular weight excluding hydrogens is 548 g/mol. The van der Waals surface area contributed by atoms with Gasteiger partial charge in [-0.1, -0.05) is 38.2 Å². The third-order valence-electron chi connectivity index (χ3n) is 7.67. The highest BCUT2D eigenvalue weighted by Crippen LogP contribution is 2.40. The van der Waals surface area contributed by atoms with Crippen molar-refractivity contribution in [3.05, 3.63) is 41.3 Å². The SMILES string of the molecule is CC(C)(C)NS(=O)(=O)c1ccc(-c2sc(C(=O)NC3CC(C(=O)O)C3)nc2CC2CCCCC2)c2cnccc12. The second-order valence-corrected chi connectivity index (χ2v) is 14.7. The zero-order chi connectivity index (χ0) is 28.7. The largest absolute Gasteiger partial charge is 0.481 e. The molecule has 0 spiro atoms. The molecule has 0 aliphatic heterocycles. The van der Waals surface area contributed by atoms with E-state index in [1.807, 2.05) is 0 Å². The van der Waals surface area contributed by atoms with Gasteiger partial charge in [-0.05, 0) is 58.1 Å². The highest BCUT2D eigenvalue weighted by atomic mass is 32.2. The molecule has 2 saturated carbocycles. The Morgan fingerprint density at radius 3 is 2.48 bits per heavy atom. The fourth-order valence-electron chi connectivity index (χ4n) is 5.70. The number of aliphatic carboxylic acids is 1. The zero-order valence-electron chi connectivity index (χ0n) is 23.1. The Morgan fingerprint density at radius 2 is 1.80 bits per heavy atom. The molecule has 2 aliphatic carbocycles. The molecule has 0 unspecified atom stereocenters. The lowest BCUT2D eigenvalue weighted by Crippen LogP contribution is -2.46. The highest BCUT2D eigenvalue weighted by molar-refractivity contribution is 7.89. The van der Waals surface area contributed by atoms with Gasteiger partial charge in [-0.25, -0.2) is 18.1 Å². The first kappa shape index (κ1) is 28.6. The summed E-state index contributed by atoms with van der Waals surface area (Å²) in [7, 11) is -3.80. The minimum absolute atomic E-state index is 0.174. The Kier molecular flexibility index (Phi) is 8.00. The third-order valence-corrected chi connectivity index (χ3v) is 10.6. The number of hydrogen-bond donors (Lipinski definition) is 3. The van der Waals surface area contributed by atoms with E-state index in [-0.39, 0.29) is 16.8 Å². The van der Waals surface area contributed by atoms with Crippen LogP contribution in [0, 0.1) is 11.8 Å². The lowest BCUT2D eigenvalue weighted by Gasteiger charge is -2.32. The van der Waals surface area contributed by atoms with E-state index < -0.39 is 27.4 Å². The highest BCUT2D eigenvalue weighted by Gasteiger charge is 2.36. The average molecular weight is 585 g/mol. The quantitative estimate of drug-likeness (QED) is 0.333. The van der Waals surface area contributed by atoms with E-state index >= 15 is 0 Å². The fraction of sp³-hybridized carbons (Fsp3) is 0.517. The molecule has 3 N–H and O–H groups in total. The van der Waals surface area contributed by atoms with Gasteiger partial charge in [0.25, 0.3) is 5.91 Å². The number of hydrogen-bond acceptors (Lipinski definition) is 7. The van der Waals surface area contributed by atoms with Crippen LogP contribution in [0.15, 0.2) is 35.5 Å². The molecule has 2 fully saturated rings. The number of thiazole rings is 1. The number of rotatable bonds is 8. The van der Waals surface area contributed by atoms with Crippen LogP contribution in [0.3, 0.4) is 0 Å². The topological polar surface area (TPSA) is 138 Å². The number of sulfonamides is 1. The summed E-state index contributed by atoms with van der Waals surface area (Å²) in [6.07, 6.45) is 10.7. The molecule has 0 atom stereocenters. The first-order chi connectivity index (χ1) is 18.9. The standard InChI is InChI=1S/C29H36N4O5S2/c1-29(2,3)33-40(37,38)24-10-9-21(22-16-30-12-11-20(22)24)25-23(13-17-7-5-4-6-8-17)32-27(39-25)26(34)31-19-14-18(15-19)28(35)36/h9-12,16-19,33H,4-8,13-15H2,1-3H3,(H,31,34)(H,35,36). The van der Waals surface area contributed by atoms with Crippen LogP contribution in [0.25, 0.3) is 21.2 Å². The number of fused-ring (bicyclic) bond motifs is 1. The molecule has 0 bridgehead atoms. The molecule has 214 valence electrons. The fourth-order valence-corrected chi connectivity index (χ4v) is 8.37. The van der Waals surface area contributed by atoms with E-state index in [2.05, 4.69) is 15.0 Å². The molecule has 0 radical (unpaired) electrons. The van der Waals surface area contributed by atoms with Crippen molar-refractivity contribution in [2.24, 2.45) is 11.8 Å². The Bertz CT molecular complexity index is 1530. The molecule has 11 heteroatoms. The lowest BCUT2D eigenvalue weighted by atomic mass is 9.80.